The molecule has 0 spiro atoms. The Labute approximate surface area is 125 Å². The van der Waals surface area contributed by atoms with Crippen molar-refractivity contribution in [3.8, 4) is 0 Å². The van der Waals surface area contributed by atoms with Crippen molar-refractivity contribution in [3.63, 3.8) is 0 Å². The maximum Gasteiger partial charge on any atom is 0.243 e. The number of hydrogen-bond acceptors (Lipinski definition) is 3. The van der Waals surface area contributed by atoms with Gasteiger partial charge in [-0.3, -0.25) is 0 Å². The first-order valence-corrected chi connectivity index (χ1v) is 8.62. The highest BCUT2D eigenvalue weighted by molar-refractivity contribution is 7.89. The molecule has 0 saturated carbocycles. The number of nitrogens with zero attached hydrogens (tertiary/aromatic N) is 1. The largest absolute Gasteiger partial charge is 0.468 e. The smallest absolute Gasteiger partial charge is 0.243 e. The second-order valence-corrected chi connectivity index (χ2v) is 7.52. The molecule has 112 valence electrons. The number of hydrogen-bond donors (Lipinski definition) is 0. The van der Waals surface area contributed by atoms with Crippen LogP contribution in [-0.4, -0.2) is 19.8 Å². The molecule has 3 rings (SSSR count). The maximum absolute atomic E-state index is 12.6. The average Bonchev–Trinajstić information content (AvgIpc) is 2.99. The molecule has 0 atom stereocenters. The van der Waals surface area contributed by atoms with Crippen molar-refractivity contribution in [2.45, 2.75) is 37.1 Å². The molecule has 1 aliphatic rings. The summed E-state index contributed by atoms with van der Waals surface area (Å²) in [6, 6.07) is 9.05. The van der Waals surface area contributed by atoms with Crippen LogP contribution >= 0.6 is 0 Å². The van der Waals surface area contributed by atoms with Gasteiger partial charge in [0.25, 0.3) is 0 Å². The first-order valence-electron chi connectivity index (χ1n) is 7.18. The van der Waals surface area contributed by atoms with Crippen LogP contribution < -0.4 is 0 Å². The van der Waals surface area contributed by atoms with Crippen LogP contribution in [0.2, 0.25) is 0 Å². The Morgan fingerprint density at radius 2 is 1.90 bits per heavy atom. The molecule has 5 heteroatoms. The first kappa shape index (κ1) is 14.4. The quantitative estimate of drug-likeness (QED) is 0.872. The lowest BCUT2D eigenvalue weighted by Gasteiger charge is -2.19. The SMILES string of the molecule is CN(Cc1ccco1)S(=O)(=O)c1ccc2c(c1)CCCC2. The maximum atomic E-state index is 12.6. The summed E-state index contributed by atoms with van der Waals surface area (Å²) in [6.45, 7) is 0.242. The van der Waals surface area contributed by atoms with E-state index in [2.05, 4.69) is 0 Å². The molecule has 4 nitrogen and oxygen atoms in total. The molecule has 0 bridgehead atoms. The highest BCUT2D eigenvalue weighted by Crippen LogP contribution is 2.25. The minimum Gasteiger partial charge on any atom is -0.468 e. The molecule has 1 aromatic heterocycles. The first-order chi connectivity index (χ1) is 10.1. The average molecular weight is 305 g/mol. The van der Waals surface area contributed by atoms with Gasteiger partial charge in [0.1, 0.15) is 5.76 Å². The van der Waals surface area contributed by atoms with Gasteiger partial charge in [0.2, 0.25) is 10.0 Å². The number of benzene rings is 1. The normalized spacial score (nSPS) is 15.1. The van der Waals surface area contributed by atoms with Gasteiger partial charge in [-0.15, -0.1) is 0 Å². The molecule has 0 amide bonds. The third kappa shape index (κ3) is 2.89. The minimum atomic E-state index is -3.48. The lowest BCUT2D eigenvalue weighted by molar-refractivity contribution is 0.406. The zero-order chi connectivity index (χ0) is 14.9. The molecule has 0 fully saturated rings. The van der Waals surface area contributed by atoms with E-state index in [-0.39, 0.29) is 6.54 Å². The summed E-state index contributed by atoms with van der Waals surface area (Å²) in [5.74, 6) is 0.638. The molecule has 0 radical (unpaired) electrons. The Kier molecular flexibility index (Phi) is 3.87. The van der Waals surface area contributed by atoms with Gasteiger partial charge in [0.15, 0.2) is 0 Å². The molecule has 2 aromatic rings. The molecule has 1 aromatic carbocycles. The van der Waals surface area contributed by atoms with Crippen LogP contribution in [0.25, 0.3) is 0 Å². The molecule has 0 saturated heterocycles. The van der Waals surface area contributed by atoms with Crippen molar-refractivity contribution in [2.75, 3.05) is 7.05 Å². The van der Waals surface area contributed by atoms with Gasteiger partial charge in [-0.2, -0.15) is 4.31 Å². The van der Waals surface area contributed by atoms with Crippen LogP contribution in [0.15, 0.2) is 45.9 Å². The highest BCUT2D eigenvalue weighted by Gasteiger charge is 2.23. The van der Waals surface area contributed by atoms with Crippen LogP contribution in [0.4, 0.5) is 0 Å². The zero-order valence-electron chi connectivity index (χ0n) is 12.1. The molecule has 1 aliphatic carbocycles. The van der Waals surface area contributed by atoms with E-state index < -0.39 is 10.0 Å². The van der Waals surface area contributed by atoms with E-state index >= 15 is 0 Å². The molecule has 21 heavy (non-hydrogen) atoms. The Hall–Kier alpha value is -1.59. The highest BCUT2D eigenvalue weighted by atomic mass is 32.2. The number of aryl methyl sites for hydroxylation is 2. The standard InChI is InChI=1S/C16H19NO3S/c1-17(12-15-7-4-10-20-15)21(18,19)16-9-8-13-5-2-3-6-14(13)11-16/h4,7-11H,2-3,5-6,12H2,1H3. The predicted octanol–water partition coefficient (Wildman–Crippen LogP) is 2.98. The fraction of sp³-hybridized carbons (Fsp3) is 0.375. The van der Waals surface area contributed by atoms with Crippen LogP contribution in [0, 0.1) is 0 Å². The van der Waals surface area contributed by atoms with Gasteiger partial charge < -0.3 is 4.42 Å². The third-order valence-corrected chi connectivity index (χ3v) is 5.79. The Balaban J connectivity index is 1.87. The summed E-state index contributed by atoms with van der Waals surface area (Å²) in [7, 11) is -1.89. The van der Waals surface area contributed by atoms with Gasteiger partial charge in [0, 0.05) is 7.05 Å². The van der Waals surface area contributed by atoms with E-state index in [0.717, 1.165) is 19.3 Å². The molecule has 1 heterocycles. The predicted molar refractivity (Wildman–Crippen MR) is 80.4 cm³/mol. The molecule has 0 N–H and O–H groups in total. The van der Waals surface area contributed by atoms with Crippen molar-refractivity contribution in [1.82, 2.24) is 4.31 Å². The monoisotopic (exact) mass is 305 g/mol. The summed E-state index contributed by atoms with van der Waals surface area (Å²) in [4.78, 5) is 0.372. The van der Waals surface area contributed by atoms with Crippen molar-refractivity contribution < 1.29 is 12.8 Å². The van der Waals surface area contributed by atoms with E-state index in [1.165, 1.54) is 21.9 Å². The fourth-order valence-corrected chi connectivity index (χ4v) is 3.95. The molecular weight excluding hydrogens is 286 g/mol. The van der Waals surface area contributed by atoms with Crippen LogP contribution in [-0.2, 0) is 29.4 Å². The van der Waals surface area contributed by atoms with Gasteiger partial charge >= 0.3 is 0 Å². The summed E-state index contributed by atoms with van der Waals surface area (Å²) in [6.07, 6.45) is 5.91. The van der Waals surface area contributed by atoms with Crippen molar-refractivity contribution >= 4 is 10.0 Å². The Morgan fingerprint density at radius 3 is 2.62 bits per heavy atom. The van der Waals surface area contributed by atoms with E-state index in [1.807, 2.05) is 12.1 Å². The Morgan fingerprint density at radius 1 is 1.14 bits per heavy atom. The molecular formula is C16H19NO3S. The van der Waals surface area contributed by atoms with Gasteiger partial charge in [0.05, 0.1) is 17.7 Å². The summed E-state index contributed by atoms with van der Waals surface area (Å²) < 4.78 is 31.8. The van der Waals surface area contributed by atoms with Crippen LogP contribution in [0.5, 0.6) is 0 Å². The zero-order valence-corrected chi connectivity index (χ0v) is 12.9. The van der Waals surface area contributed by atoms with Crippen molar-refractivity contribution in [2.24, 2.45) is 0 Å². The van der Waals surface area contributed by atoms with E-state index in [0.29, 0.717) is 10.7 Å². The number of furan rings is 1. The Bertz CT molecular complexity index is 720. The van der Waals surface area contributed by atoms with Crippen LogP contribution in [0.1, 0.15) is 29.7 Å². The van der Waals surface area contributed by atoms with Crippen molar-refractivity contribution in [3.05, 3.63) is 53.5 Å². The summed E-state index contributed by atoms with van der Waals surface area (Å²) in [5, 5.41) is 0. The van der Waals surface area contributed by atoms with Crippen molar-refractivity contribution in [1.29, 1.82) is 0 Å². The number of rotatable bonds is 4. The summed E-state index contributed by atoms with van der Waals surface area (Å²) >= 11 is 0. The second-order valence-electron chi connectivity index (χ2n) is 5.48. The topological polar surface area (TPSA) is 50.5 Å². The molecule has 0 aliphatic heterocycles. The number of fused-ring (bicyclic) bond motifs is 1. The minimum absolute atomic E-state index is 0.242. The van der Waals surface area contributed by atoms with E-state index in [1.54, 1.807) is 31.5 Å². The van der Waals surface area contributed by atoms with Gasteiger partial charge in [-0.05, 0) is 61.1 Å². The fourth-order valence-electron chi connectivity index (χ4n) is 2.76. The second kappa shape index (κ2) is 5.66. The van der Waals surface area contributed by atoms with Gasteiger partial charge in [-0.1, -0.05) is 6.07 Å². The van der Waals surface area contributed by atoms with E-state index in [9.17, 15) is 8.42 Å². The van der Waals surface area contributed by atoms with Crippen LogP contribution in [0.3, 0.4) is 0 Å². The van der Waals surface area contributed by atoms with Gasteiger partial charge in [-0.25, -0.2) is 8.42 Å². The summed E-state index contributed by atoms with van der Waals surface area (Å²) in [5.41, 5.74) is 2.46. The lowest BCUT2D eigenvalue weighted by atomic mass is 9.92. The lowest BCUT2D eigenvalue weighted by Crippen LogP contribution is -2.26. The third-order valence-electron chi connectivity index (χ3n) is 3.99. The van der Waals surface area contributed by atoms with E-state index in [4.69, 9.17) is 4.42 Å². The molecule has 0 unspecified atom stereocenters. The number of sulfonamides is 1.